The van der Waals surface area contributed by atoms with Crippen molar-refractivity contribution in [2.45, 2.75) is 0 Å². The third-order valence-electron chi connectivity index (χ3n) is 1.48. The fraction of sp³-hybridized carbons (Fsp3) is 0.333. The summed E-state index contributed by atoms with van der Waals surface area (Å²) >= 11 is 3.27. The first-order valence-corrected chi connectivity index (χ1v) is 4.64. The van der Waals surface area contributed by atoms with E-state index in [9.17, 15) is 5.11 Å². The molecule has 1 aromatic carbocycles. The smallest absolute Gasteiger partial charge is 0.175 e. The van der Waals surface area contributed by atoms with Gasteiger partial charge in [-0.25, -0.2) is 0 Å². The lowest BCUT2D eigenvalue weighted by atomic mass is 10.3. The highest BCUT2D eigenvalue weighted by molar-refractivity contribution is 9.10. The van der Waals surface area contributed by atoms with Crippen molar-refractivity contribution in [1.82, 2.24) is 0 Å². The molecule has 13 heavy (non-hydrogen) atoms. The van der Waals surface area contributed by atoms with Gasteiger partial charge < -0.3 is 14.6 Å². The minimum atomic E-state index is 0.130. The largest absolute Gasteiger partial charge is 0.504 e. The number of phenols is 1. The van der Waals surface area contributed by atoms with Crippen LogP contribution >= 0.6 is 15.9 Å². The molecule has 1 rings (SSSR count). The van der Waals surface area contributed by atoms with Gasteiger partial charge in [0.2, 0.25) is 0 Å². The van der Waals surface area contributed by atoms with Gasteiger partial charge in [0.15, 0.2) is 11.5 Å². The van der Waals surface area contributed by atoms with Crippen LogP contribution in [0.25, 0.3) is 0 Å². The van der Waals surface area contributed by atoms with E-state index in [1.165, 1.54) is 0 Å². The Balaban J connectivity index is 2.64. The molecule has 3 nitrogen and oxygen atoms in total. The second kappa shape index (κ2) is 5.09. The summed E-state index contributed by atoms with van der Waals surface area (Å²) in [6.07, 6.45) is 0. The van der Waals surface area contributed by atoms with Crippen LogP contribution in [0.3, 0.4) is 0 Å². The van der Waals surface area contributed by atoms with Gasteiger partial charge in [0.25, 0.3) is 0 Å². The molecule has 0 aliphatic carbocycles. The predicted octanol–water partition coefficient (Wildman–Crippen LogP) is 2.18. The molecule has 0 saturated carbocycles. The van der Waals surface area contributed by atoms with Gasteiger partial charge in [-0.15, -0.1) is 0 Å². The molecule has 0 fully saturated rings. The Hall–Kier alpha value is -0.740. The molecule has 1 N–H and O–H groups in total. The summed E-state index contributed by atoms with van der Waals surface area (Å²) in [5.74, 6) is 0.588. The molecular formula is C9H11BrO3. The number of hydrogen-bond acceptors (Lipinski definition) is 3. The Kier molecular flexibility index (Phi) is 4.05. The molecule has 0 amide bonds. The standard InChI is InChI=1S/C9H11BrO3/c1-12-5-6-13-9-7(10)3-2-4-8(9)11/h2-4,11H,5-6H2,1H3. The van der Waals surface area contributed by atoms with Crippen LogP contribution < -0.4 is 4.74 Å². The summed E-state index contributed by atoms with van der Waals surface area (Å²) < 4.78 is 10.8. The summed E-state index contributed by atoms with van der Waals surface area (Å²) in [6, 6.07) is 5.12. The summed E-state index contributed by atoms with van der Waals surface area (Å²) in [6.45, 7) is 0.924. The van der Waals surface area contributed by atoms with E-state index in [1.807, 2.05) is 6.07 Å². The van der Waals surface area contributed by atoms with Crippen LogP contribution in [0.5, 0.6) is 11.5 Å². The van der Waals surface area contributed by atoms with Crippen LogP contribution in [-0.4, -0.2) is 25.4 Å². The molecule has 0 heterocycles. The maximum atomic E-state index is 9.39. The van der Waals surface area contributed by atoms with Crippen molar-refractivity contribution >= 4 is 15.9 Å². The van der Waals surface area contributed by atoms with Gasteiger partial charge >= 0.3 is 0 Å². The SMILES string of the molecule is COCCOc1c(O)cccc1Br. The van der Waals surface area contributed by atoms with E-state index in [0.717, 1.165) is 4.47 Å². The fourth-order valence-corrected chi connectivity index (χ4v) is 1.34. The van der Waals surface area contributed by atoms with Crippen molar-refractivity contribution < 1.29 is 14.6 Å². The Labute approximate surface area is 85.4 Å². The summed E-state index contributed by atoms with van der Waals surface area (Å²) in [5.41, 5.74) is 0. The van der Waals surface area contributed by atoms with Crippen LogP contribution in [-0.2, 0) is 4.74 Å². The normalized spacial score (nSPS) is 10.0. The predicted molar refractivity (Wildman–Crippen MR) is 53.2 cm³/mol. The van der Waals surface area contributed by atoms with E-state index in [1.54, 1.807) is 19.2 Å². The maximum absolute atomic E-state index is 9.39. The monoisotopic (exact) mass is 246 g/mol. The molecule has 0 spiro atoms. The first-order valence-electron chi connectivity index (χ1n) is 3.85. The van der Waals surface area contributed by atoms with E-state index < -0.39 is 0 Å². The average Bonchev–Trinajstić information content (AvgIpc) is 2.10. The summed E-state index contributed by atoms with van der Waals surface area (Å²) in [4.78, 5) is 0. The van der Waals surface area contributed by atoms with E-state index in [-0.39, 0.29) is 5.75 Å². The number of methoxy groups -OCH3 is 1. The number of para-hydroxylation sites is 1. The van der Waals surface area contributed by atoms with Crippen LogP contribution in [0.4, 0.5) is 0 Å². The lowest BCUT2D eigenvalue weighted by molar-refractivity contribution is 0.144. The Bertz CT molecular complexity index is 255. The van der Waals surface area contributed by atoms with Gasteiger partial charge in [0.05, 0.1) is 11.1 Å². The van der Waals surface area contributed by atoms with Gasteiger partial charge in [0.1, 0.15) is 6.61 Å². The molecule has 0 aromatic heterocycles. The molecule has 0 saturated heterocycles. The highest BCUT2D eigenvalue weighted by Crippen LogP contribution is 2.33. The average molecular weight is 247 g/mol. The number of benzene rings is 1. The van der Waals surface area contributed by atoms with Crippen molar-refractivity contribution in [2.75, 3.05) is 20.3 Å². The lowest BCUT2D eigenvalue weighted by Gasteiger charge is -2.08. The van der Waals surface area contributed by atoms with Crippen molar-refractivity contribution in [3.63, 3.8) is 0 Å². The number of halogens is 1. The molecular weight excluding hydrogens is 236 g/mol. The zero-order valence-corrected chi connectivity index (χ0v) is 8.87. The van der Waals surface area contributed by atoms with Gasteiger partial charge in [-0.1, -0.05) is 6.07 Å². The van der Waals surface area contributed by atoms with Crippen molar-refractivity contribution in [3.8, 4) is 11.5 Å². The quantitative estimate of drug-likeness (QED) is 0.829. The first-order chi connectivity index (χ1) is 6.25. The molecule has 0 aliphatic rings. The fourth-order valence-electron chi connectivity index (χ4n) is 0.867. The highest BCUT2D eigenvalue weighted by Gasteiger charge is 2.05. The molecule has 0 aliphatic heterocycles. The second-order valence-electron chi connectivity index (χ2n) is 2.43. The van der Waals surface area contributed by atoms with Gasteiger partial charge in [-0.3, -0.25) is 0 Å². The lowest BCUT2D eigenvalue weighted by Crippen LogP contribution is -2.04. The zero-order valence-electron chi connectivity index (χ0n) is 7.29. The van der Waals surface area contributed by atoms with Crippen LogP contribution in [0, 0.1) is 0 Å². The number of aromatic hydroxyl groups is 1. The van der Waals surface area contributed by atoms with Crippen molar-refractivity contribution in [3.05, 3.63) is 22.7 Å². The van der Waals surface area contributed by atoms with Crippen LogP contribution in [0.15, 0.2) is 22.7 Å². The molecule has 0 atom stereocenters. The van der Waals surface area contributed by atoms with Crippen molar-refractivity contribution in [2.24, 2.45) is 0 Å². The number of rotatable bonds is 4. The van der Waals surface area contributed by atoms with Crippen LogP contribution in [0.1, 0.15) is 0 Å². The van der Waals surface area contributed by atoms with E-state index in [4.69, 9.17) is 9.47 Å². The highest BCUT2D eigenvalue weighted by atomic mass is 79.9. The minimum absolute atomic E-state index is 0.130. The molecule has 0 radical (unpaired) electrons. The number of ether oxygens (including phenoxy) is 2. The van der Waals surface area contributed by atoms with Gasteiger partial charge in [-0.2, -0.15) is 0 Å². The minimum Gasteiger partial charge on any atom is -0.504 e. The third-order valence-corrected chi connectivity index (χ3v) is 2.10. The zero-order chi connectivity index (χ0) is 9.68. The number of hydrogen-bond donors (Lipinski definition) is 1. The number of phenolic OH excluding ortho intramolecular Hbond substituents is 1. The Morgan fingerprint density at radius 3 is 2.77 bits per heavy atom. The Morgan fingerprint density at radius 2 is 2.15 bits per heavy atom. The summed E-state index contributed by atoms with van der Waals surface area (Å²) in [5, 5.41) is 9.39. The topological polar surface area (TPSA) is 38.7 Å². The van der Waals surface area contributed by atoms with E-state index in [2.05, 4.69) is 15.9 Å². The van der Waals surface area contributed by atoms with Crippen molar-refractivity contribution in [1.29, 1.82) is 0 Å². The molecule has 0 unspecified atom stereocenters. The second-order valence-corrected chi connectivity index (χ2v) is 3.28. The van der Waals surface area contributed by atoms with Gasteiger partial charge in [-0.05, 0) is 28.1 Å². The maximum Gasteiger partial charge on any atom is 0.175 e. The van der Waals surface area contributed by atoms with E-state index >= 15 is 0 Å². The first kappa shape index (κ1) is 10.3. The van der Waals surface area contributed by atoms with Crippen LogP contribution in [0.2, 0.25) is 0 Å². The third kappa shape index (κ3) is 2.90. The summed E-state index contributed by atoms with van der Waals surface area (Å²) in [7, 11) is 1.60. The molecule has 4 heteroatoms. The van der Waals surface area contributed by atoms with E-state index in [0.29, 0.717) is 19.0 Å². The molecule has 1 aromatic rings. The Morgan fingerprint density at radius 1 is 1.38 bits per heavy atom. The van der Waals surface area contributed by atoms with Gasteiger partial charge in [0, 0.05) is 7.11 Å². The molecule has 0 bridgehead atoms. The molecule has 72 valence electrons.